The third kappa shape index (κ3) is 37.4. The summed E-state index contributed by atoms with van der Waals surface area (Å²) in [6.07, 6.45) is -2.09. The standard InChI is InChI=1S/2C29H43N3O5S.C14H23N3.C14H21NO6S.2C2HF3O/c2*1-22-19-28(36-6)20-23(2)29(22)38(34,35)31(5)17-18-37-21-27(33)12-9-24-7-10-26(11-8-24)32-15-13-25(14-16-32)30(3)4;1-16(2)13-7-9-17(10-8-13)14-5-3-12(11-15)4-6-14;1-11-7-13(19-4)8-12(2)14(11)22(17,18)15(3)5-6-20-10-21-9-16;2*3-2(4,5)1-6/h2*7-8,10-11,19-20,25H,9,12-18,21H2,1-6H3;3-6,13H,7-11,15H2,1-2H3;7-9H,5-6,10H2,1-4H3;2*1H. The van der Waals surface area contributed by atoms with Crippen LogP contribution in [0.5, 0.6) is 17.2 Å². The molecule has 710 valence electrons. The van der Waals surface area contributed by atoms with Crippen LogP contribution in [-0.4, -0.2) is 297 Å². The number of hydrogen-bond acceptors (Lipinski definition) is 25. The number of piperidine rings is 3. The van der Waals surface area contributed by atoms with Crippen molar-refractivity contribution in [3.8, 4) is 17.2 Å². The van der Waals surface area contributed by atoms with E-state index in [-0.39, 0.29) is 92.2 Å². The van der Waals surface area contributed by atoms with Gasteiger partial charge in [0, 0.05) is 135 Å². The number of carbonyl (C=O) groups is 5. The van der Waals surface area contributed by atoms with Crippen LogP contribution in [0.3, 0.4) is 0 Å². The molecule has 0 spiro atoms. The molecule has 6 aromatic rings. The van der Waals surface area contributed by atoms with Gasteiger partial charge in [-0.3, -0.25) is 24.0 Å². The van der Waals surface area contributed by atoms with Gasteiger partial charge in [0.25, 0.3) is 6.47 Å². The number of hydrogen-bond donors (Lipinski definition) is 1. The summed E-state index contributed by atoms with van der Waals surface area (Å²) in [6, 6.07) is 37.9. The highest BCUT2D eigenvalue weighted by Gasteiger charge is 2.31. The Kier molecular flexibility index (Phi) is 47.1. The van der Waals surface area contributed by atoms with E-state index in [0.717, 1.165) is 56.4 Å². The molecule has 3 aliphatic rings. The Morgan fingerprint density at radius 2 is 0.646 bits per heavy atom. The summed E-state index contributed by atoms with van der Waals surface area (Å²) in [7, 11) is 11.1. The highest BCUT2D eigenvalue weighted by atomic mass is 32.2. The lowest BCUT2D eigenvalue weighted by atomic mass is 10.0. The maximum Gasteiger partial charge on any atom is 0.446 e. The Balaban J connectivity index is 0.000000352. The molecule has 2 N–H and O–H groups in total. The van der Waals surface area contributed by atoms with Crippen molar-refractivity contribution in [2.45, 2.75) is 157 Å². The summed E-state index contributed by atoms with van der Waals surface area (Å²) in [4.78, 5) is 67.2. The van der Waals surface area contributed by atoms with Crippen LogP contribution in [0.25, 0.3) is 0 Å². The predicted octanol–water partition coefficient (Wildman–Crippen LogP) is 11.6. The Bertz CT molecular complexity index is 4450. The number of aryl methyl sites for hydroxylation is 8. The molecule has 0 atom stereocenters. The fourth-order valence-electron chi connectivity index (χ4n) is 14.4. The molecule has 37 heteroatoms. The zero-order valence-electron chi connectivity index (χ0n) is 76.7. The molecule has 0 bridgehead atoms. The smallest absolute Gasteiger partial charge is 0.446 e. The van der Waals surface area contributed by atoms with Gasteiger partial charge in [0.05, 0.1) is 55.8 Å². The van der Waals surface area contributed by atoms with Crippen LogP contribution in [0.4, 0.5) is 43.4 Å². The number of likely N-dealkylation sites (N-methyl/N-ethyl adjacent to an activating group) is 3. The number of Topliss-reactive ketones (excluding diaryl/α,β-unsaturated/α-hetero) is 2. The van der Waals surface area contributed by atoms with Gasteiger partial charge in [-0.2, -0.15) is 39.3 Å². The molecule has 127 heavy (non-hydrogen) atoms. The minimum atomic E-state index is -4.64. The van der Waals surface area contributed by atoms with E-state index in [1.165, 1.54) is 102 Å². The van der Waals surface area contributed by atoms with Crippen LogP contribution >= 0.6 is 0 Å². The lowest BCUT2D eigenvalue weighted by Crippen LogP contribution is -2.41. The Morgan fingerprint density at radius 3 is 0.858 bits per heavy atom. The number of anilines is 3. The Morgan fingerprint density at radius 1 is 0.409 bits per heavy atom. The van der Waals surface area contributed by atoms with E-state index in [2.05, 4.69) is 149 Å². The van der Waals surface area contributed by atoms with Crippen LogP contribution in [0.15, 0.2) is 124 Å². The van der Waals surface area contributed by atoms with Crippen LogP contribution in [0, 0.1) is 41.5 Å². The maximum absolute atomic E-state index is 13.1. The summed E-state index contributed by atoms with van der Waals surface area (Å²) in [5.41, 5.74) is 16.6. The fourth-order valence-corrected chi connectivity index (χ4v) is 19.1. The second kappa shape index (κ2) is 54.1. The van der Waals surface area contributed by atoms with Crippen molar-refractivity contribution in [1.82, 2.24) is 27.6 Å². The molecule has 3 fully saturated rings. The summed E-state index contributed by atoms with van der Waals surface area (Å²) in [6.45, 7) is 18.6. The van der Waals surface area contributed by atoms with E-state index >= 15 is 0 Å². The van der Waals surface area contributed by atoms with Gasteiger partial charge in [0.2, 0.25) is 42.6 Å². The third-order valence-corrected chi connectivity index (χ3v) is 28.3. The minimum absolute atomic E-state index is 0.00666. The van der Waals surface area contributed by atoms with E-state index in [0.29, 0.717) is 94.9 Å². The molecule has 28 nitrogen and oxygen atoms in total. The van der Waals surface area contributed by atoms with Gasteiger partial charge in [-0.1, -0.05) is 36.4 Å². The SMILES string of the molecule is CN(C)C1CCN(c2ccc(CN)cc2)CC1.COc1cc(C)c(S(=O)(=O)N(C)CCOCC(=O)CCc2ccc(N3CCC(N(C)C)CC3)cc2)c(C)c1.COc1cc(C)c(S(=O)(=O)N(C)CCOCC(=O)CCc2ccc(N3CCC(N(C)C)CC3)cc2)c(C)c1.COc1cc(C)c(S(=O)(=O)N(C)CCOCOC=O)c(C)c1.O=CC(F)(F)F.O=CC(F)(F)F. The molecule has 3 heterocycles. The summed E-state index contributed by atoms with van der Waals surface area (Å²) in [5, 5.41) is 0. The van der Waals surface area contributed by atoms with Gasteiger partial charge in [0.15, 0.2) is 18.4 Å². The van der Waals surface area contributed by atoms with Crippen LogP contribution in [0.2, 0.25) is 0 Å². The van der Waals surface area contributed by atoms with Gasteiger partial charge < -0.3 is 68.3 Å². The molecule has 6 aromatic carbocycles. The number of methoxy groups -OCH3 is 3. The number of ether oxygens (including phenoxy) is 7. The zero-order chi connectivity index (χ0) is 95.2. The van der Waals surface area contributed by atoms with Crippen molar-refractivity contribution in [2.24, 2.45) is 5.73 Å². The van der Waals surface area contributed by atoms with E-state index in [9.17, 15) is 66.0 Å². The van der Waals surface area contributed by atoms with Crippen molar-refractivity contribution in [3.05, 3.63) is 159 Å². The monoisotopic (exact) mass is 1850 g/mol. The van der Waals surface area contributed by atoms with Crippen molar-refractivity contribution in [1.29, 1.82) is 0 Å². The minimum Gasteiger partial charge on any atom is -0.497 e. The molecule has 0 saturated carbocycles. The Hall–Kier alpha value is -8.70. The van der Waals surface area contributed by atoms with Crippen molar-refractivity contribution >= 4 is 77.7 Å². The quantitative estimate of drug-likeness (QED) is 0.0163. The zero-order valence-corrected chi connectivity index (χ0v) is 79.1. The molecule has 0 aliphatic carbocycles. The summed E-state index contributed by atoms with van der Waals surface area (Å²) in [5.74, 6) is 1.88. The molecular weight excluding hydrogens is 1720 g/mol. The van der Waals surface area contributed by atoms with Crippen LogP contribution < -0.4 is 34.6 Å². The molecule has 9 rings (SSSR count). The van der Waals surface area contributed by atoms with E-state index in [1.54, 1.807) is 92.2 Å². The van der Waals surface area contributed by atoms with Crippen molar-refractivity contribution < 1.29 is 109 Å². The first-order valence-electron chi connectivity index (χ1n) is 41.7. The van der Waals surface area contributed by atoms with Gasteiger partial charge >= 0.3 is 12.4 Å². The van der Waals surface area contributed by atoms with Crippen molar-refractivity contribution in [2.75, 3.05) is 198 Å². The number of benzene rings is 6. The van der Waals surface area contributed by atoms with E-state index in [4.69, 9.17) is 43.7 Å². The van der Waals surface area contributed by atoms with Gasteiger partial charge in [0.1, 0.15) is 30.5 Å². The van der Waals surface area contributed by atoms with Crippen LogP contribution in [0.1, 0.15) is 101 Å². The fraction of sp³-hybridized carbons (Fsp3) is 0.544. The normalized spacial score (nSPS) is 14.3. The highest BCUT2D eigenvalue weighted by Crippen LogP contribution is 2.33. The summed E-state index contributed by atoms with van der Waals surface area (Å²) < 4.78 is 180. The first-order chi connectivity index (χ1) is 59.7. The summed E-state index contributed by atoms with van der Waals surface area (Å²) >= 11 is 0. The number of aldehydes is 2. The molecule has 3 aliphatic heterocycles. The largest absolute Gasteiger partial charge is 0.497 e. The molecule has 0 radical (unpaired) electrons. The number of ketones is 2. The number of carbonyl (C=O) groups excluding carboxylic acids is 5. The average Bonchev–Trinajstić information content (AvgIpc) is 0.792. The molecule has 0 unspecified atom stereocenters. The van der Waals surface area contributed by atoms with E-state index in [1.807, 2.05) is 0 Å². The van der Waals surface area contributed by atoms with Gasteiger partial charge in [-0.15, -0.1) is 0 Å². The molecule has 3 saturated heterocycles. The van der Waals surface area contributed by atoms with Gasteiger partial charge in [-0.25, -0.2) is 25.3 Å². The number of alkyl halides is 6. The number of halogens is 6. The number of nitrogens with zero attached hydrogens (tertiary/aromatic N) is 9. The molecule has 0 aromatic heterocycles. The van der Waals surface area contributed by atoms with Gasteiger partial charge in [-0.05, 0) is 258 Å². The van der Waals surface area contributed by atoms with Crippen molar-refractivity contribution in [3.63, 3.8) is 0 Å². The second-order valence-corrected chi connectivity index (χ2v) is 37.7. The first kappa shape index (κ1) is 111. The number of nitrogens with two attached hydrogens (primary N) is 1. The number of sulfonamides is 3. The average molecular weight is 1850 g/mol. The molecular formula is C90H132F6N10O18S3. The highest BCUT2D eigenvalue weighted by molar-refractivity contribution is 7.89. The Labute approximate surface area is 747 Å². The van der Waals surface area contributed by atoms with Crippen LogP contribution in [-0.2, 0) is 92.4 Å². The predicted molar refractivity (Wildman–Crippen MR) is 481 cm³/mol. The molecule has 0 amide bonds. The maximum atomic E-state index is 13.1. The number of rotatable bonds is 38. The lowest BCUT2D eigenvalue weighted by Gasteiger charge is -2.36. The van der Waals surface area contributed by atoms with E-state index < -0.39 is 55.0 Å². The first-order valence-corrected chi connectivity index (χ1v) is 46.0. The lowest BCUT2D eigenvalue weighted by molar-refractivity contribution is -0.156. The third-order valence-electron chi connectivity index (χ3n) is 21.8. The topological polar surface area (TPSA) is 308 Å². The second-order valence-electron chi connectivity index (χ2n) is 31.8.